The number of nitrogens with zero attached hydrogens (tertiary/aromatic N) is 3. The molecule has 0 radical (unpaired) electrons. The van der Waals surface area contributed by atoms with Crippen LogP contribution in [0.1, 0.15) is 5.56 Å². The number of alkyl halides is 1. The number of rotatable bonds is 4. The molecule has 3 aromatic rings. The molecule has 0 unspecified atom stereocenters. The van der Waals surface area contributed by atoms with Crippen LogP contribution in [0.4, 0.5) is 21.5 Å². The Bertz CT molecular complexity index is 868. The smallest absolute Gasteiger partial charge is 0.323 e. The summed E-state index contributed by atoms with van der Waals surface area (Å²) >= 11 is 5.84. The van der Waals surface area contributed by atoms with Crippen molar-refractivity contribution in [3.05, 3.63) is 51.0 Å². The summed E-state index contributed by atoms with van der Waals surface area (Å²) in [6.45, 7) is -0.733. The summed E-state index contributed by atoms with van der Waals surface area (Å²) in [6.07, 6.45) is 0. The van der Waals surface area contributed by atoms with Crippen LogP contribution in [0.15, 0.2) is 35.0 Å². The molecule has 0 saturated carbocycles. The third-order valence-corrected chi connectivity index (χ3v) is 3.42. The average Bonchev–Trinajstić information content (AvgIpc) is 2.96. The van der Waals surface area contributed by atoms with Gasteiger partial charge in [0.15, 0.2) is 0 Å². The SMILES string of the molecule is O=[N+]([O-])c1c(Nc2ccc(Cl)c(CF)c2)ccc2nonc12. The molecule has 3 rings (SSSR count). The fourth-order valence-electron chi connectivity index (χ4n) is 2.03. The molecular formula is C13H8ClFN4O3. The van der Waals surface area contributed by atoms with E-state index in [1.54, 1.807) is 6.07 Å². The second kappa shape index (κ2) is 5.57. The Hall–Kier alpha value is -2.74. The Balaban J connectivity index is 2.07. The van der Waals surface area contributed by atoms with Crippen molar-refractivity contribution in [1.29, 1.82) is 0 Å². The van der Waals surface area contributed by atoms with Gasteiger partial charge in [0.1, 0.15) is 17.9 Å². The Morgan fingerprint density at radius 2 is 2.14 bits per heavy atom. The Kier molecular flexibility index (Phi) is 3.60. The summed E-state index contributed by atoms with van der Waals surface area (Å²) < 4.78 is 17.3. The van der Waals surface area contributed by atoms with E-state index in [9.17, 15) is 14.5 Å². The lowest BCUT2D eigenvalue weighted by molar-refractivity contribution is -0.382. The predicted molar refractivity (Wildman–Crippen MR) is 78.0 cm³/mol. The number of benzene rings is 2. The first kappa shape index (κ1) is 14.2. The second-order valence-electron chi connectivity index (χ2n) is 4.42. The number of nitro benzene ring substituents is 1. The van der Waals surface area contributed by atoms with Gasteiger partial charge in [0.05, 0.1) is 4.92 Å². The maximum absolute atomic E-state index is 12.8. The van der Waals surface area contributed by atoms with Crippen molar-refractivity contribution in [2.24, 2.45) is 0 Å². The van der Waals surface area contributed by atoms with E-state index < -0.39 is 11.6 Å². The van der Waals surface area contributed by atoms with Crippen LogP contribution in [0, 0.1) is 10.1 Å². The van der Waals surface area contributed by atoms with Gasteiger partial charge in [-0.1, -0.05) is 11.6 Å². The number of nitrogens with one attached hydrogen (secondary N) is 1. The van der Waals surface area contributed by atoms with Crippen LogP contribution in [-0.2, 0) is 6.67 Å². The van der Waals surface area contributed by atoms with Crippen LogP contribution >= 0.6 is 11.6 Å². The number of nitro groups is 1. The Morgan fingerprint density at radius 1 is 1.32 bits per heavy atom. The fraction of sp³-hybridized carbons (Fsp3) is 0.0769. The summed E-state index contributed by atoms with van der Waals surface area (Å²) in [5.41, 5.74) is 0.998. The highest BCUT2D eigenvalue weighted by Gasteiger charge is 2.22. The van der Waals surface area contributed by atoms with Crippen molar-refractivity contribution in [3.63, 3.8) is 0 Å². The summed E-state index contributed by atoms with van der Waals surface area (Å²) in [6, 6.07) is 7.61. The molecule has 1 N–H and O–H groups in total. The van der Waals surface area contributed by atoms with Crippen LogP contribution in [0.5, 0.6) is 0 Å². The van der Waals surface area contributed by atoms with Crippen molar-refractivity contribution in [3.8, 4) is 0 Å². The largest absolute Gasteiger partial charge is 0.350 e. The van der Waals surface area contributed by atoms with Crippen molar-refractivity contribution >= 4 is 39.7 Å². The van der Waals surface area contributed by atoms with Crippen molar-refractivity contribution in [2.45, 2.75) is 6.67 Å². The van der Waals surface area contributed by atoms with Crippen molar-refractivity contribution < 1.29 is 13.9 Å². The number of hydrogen-bond acceptors (Lipinski definition) is 6. The third-order valence-electron chi connectivity index (χ3n) is 3.05. The van der Waals surface area contributed by atoms with Gasteiger partial charge in [-0.15, -0.1) is 0 Å². The fourth-order valence-corrected chi connectivity index (χ4v) is 2.20. The minimum atomic E-state index is -0.733. The van der Waals surface area contributed by atoms with Gasteiger partial charge in [-0.3, -0.25) is 10.1 Å². The van der Waals surface area contributed by atoms with Crippen molar-refractivity contribution in [2.75, 3.05) is 5.32 Å². The summed E-state index contributed by atoms with van der Waals surface area (Å²) in [5, 5.41) is 21.5. The predicted octanol–water partition coefficient (Wildman–Crippen LogP) is 4.00. The molecule has 0 amide bonds. The molecule has 7 nitrogen and oxygen atoms in total. The molecule has 0 fully saturated rings. The third kappa shape index (κ3) is 2.44. The highest BCUT2D eigenvalue weighted by molar-refractivity contribution is 6.31. The van der Waals surface area contributed by atoms with E-state index in [-0.39, 0.29) is 22.4 Å². The minimum Gasteiger partial charge on any atom is -0.350 e. The van der Waals surface area contributed by atoms with Crippen LogP contribution in [0.2, 0.25) is 5.02 Å². The van der Waals surface area contributed by atoms with Gasteiger partial charge in [0, 0.05) is 16.3 Å². The summed E-state index contributed by atoms with van der Waals surface area (Å²) in [7, 11) is 0. The maximum Gasteiger partial charge on any atom is 0.323 e. The van der Waals surface area contributed by atoms with E-state index >= 15 is 0 Å². The number of fused-ring (bicyclic) bond motifs is 1. The molecule has 0 spiro atoms. The monoisotopic (exact) mass is 322 g/mol. The normalized spacial score (nSPS) is 10.8. The lowest BCUT2D eigenvalue weighted by atomic mass is 10.2. The van der Waals surface area contributed by atoms with Gasteiger partial charge in [0.2, 0.25) is 5.52 Å². The Morgan fingerprint density at radius 3 is 2.86 bits per heavy atom. The molecule has 22 heavy (non-hydrogen) atoms. The zero-order chi connectivity index (χ0) is 15.7. The topological polar surface area (TPSA) is 94.1 Å². The summed E-state index contributed by atoms with van der Waals surface area (Å²) in [5.74, 6) is 0. The lowest BCUT2D eigenvalue weighted by Crippen LogP contribution is -1.98. The lowest BCUT2D eigenvalue weighted by Gasteiger charge is -2.09. The molecule has 2 aromatic carbocycles. The van der Waals surface area contributed by atoms with Gasteiger partial charge >= 0.3 is 5.69 Å². The second-order valence-corrected chi connectivity index (χ2v) is 4.82. The van der Waals surface area contributed by atoms with E-state index in [0.717, 1.165) is 0 Å². The van der Waals surface area contributed by atoms with Crippen LogP contribution in [-0.4, -0.2) is 15.2 Å². The minimum absolute atomic E-state index is 0.0367. The standard InChI is InChI=1S/C13H8ClFN4O3/c14-9-2-1-8(5-7(9)6-15)16-11-4-3-10-12(18-22-17-10)13(11)19(20)21/h1-5,16H,6H2. The van der Waals surface area contributed by atoms with E-state index in [0.29, 0.717) is 16.3 Å². The van der Waals surface area contributed by atoms with Gasteiger partial charge in [0.25, 0.3) is 0 Å². The van der Waals surface area contributed by atoms with E-state index in [1.165, 1.54) is 24.3 Å². The zero-order valence-corrected chi connectivity index (χ0v) is 11.7. The van der Waals surface area contributed by atoms with Gasteiger partial charge in [-0.05, 0) is 40.6 Å². The molecule has 0 aliphatic carbocycles. The molecule has 0 atom stereocenters. The number of halogens is 2. The molecule has 0 saturated heterocycles. The zero-order valence-electron chi connectivity index (χ0n) is 10.9. The van der Waals surface area contributed by atoms with E-state index in [2.05, 4.69) is 20.3 Å². The first-order chi connectivity index (χ1) is 10.6. The van der Waals surface area contributed by atoms with Gasteiger partial charge in [-0.2, -0.15) is 0 Å². The first-order valence-electron chi connectivity index (χ1n) is 6.11. The Labute approximate surface area is 127 Å². The van der Waals surface area contributed by atoms with E-state index in [4.69, 9.17) is 11.6 Å². The quantitative estimate of drug-likeness (QED) is 0.576. The van der Waals surface area contributed by atoms with Crippen LogP contribution in [0.25, 0.3) is 11.0 Å². The first-order valence-corrected chi connectivity index (χ1v) is 6.49. The molecule has 112 valence electrons. The maximum atomic E-state index is 12.8. The number of aromatic nitrogens is 2. The number of anilines is 2. The molecule has 0 aliphatic heterocycles. The molecule has 9 heteroatoms. The molecule has 1 aromatic heterocycles. The number of hydrogen-bond donors (Lipinski definition) is 1. The highest BCUT2D eigenvalue weighted by Crippen LogP contribution is 2.34. The highest BCUT2D eigenvalue weighted by atomic mass is 35.5. The molecule has 0 bridgehead atoms. The van der Waals surface area contributed by atoms with Gasteiger partial charge in [-0.25, -0.2) is 9.02 Å². The molecular weight excluding hydrogens is 315 g/mol. The van der Waals surface area contributed by atoms with Crippen LogP contribution < -0.4 is 5.32 Å². The average molecular weight is 323 g/mol. The molecule has 1 heterocycles. The van der Waals surface area contributed by atoms with Crippen molar-refractivity contribution in [1.82, 2.24) is 10.3 Å². The van der Waals surface area contributed by atoms with E-state index in [1.807, 2.05) is 0 Å². The van der Waals surface area contributed by atoms with Crippen LogP contribution in [0.3, 0.4) is 0 Å². The van der Waals surface area contributed by atoms with Gasteiger partial charge < -0.3 is 5.32 Å². The summed E-state index contributed by atoms with van der Waals surface area (Å²) in [4.78, 5) is 10.7. The molecule has 0 aliphatic rings.